The number of rotatable bonds is 0. The van der Waals surface area contributed by atoms with Crippen molar-refractivity contribution in [3.8, 4) is 0 Å². The number of hydrogen-bond acceptors (Lipinski definition) is 2. The van der Waals surface area contributed by atoms with Gasteiger partial charge in [0.2, 0.25) is 5.91 Å². The second-order valence-corrected chi connectivity index (χ2v) is 2.57. The molecule has 0 unspecified atom stereocenters. The summed E-state index contributed by atoms with van der Waals surface area (Å²) in [5, 5.41) is 4.02. The monoisotopic (exact) mass is 162 g/mol. The van der Waals surface area contributed by atoms with E-state index in [0.29, 0.717) is 5.91 Å². The van der Waals surface area contributed by atoms with E-state index in [4.69, 9.17) is 0 Å². The summed E-state index contributed by atoms with van der Waals surface area (Å²) in [6.45, 7) is 3.00. The number of carbonyl (C=O) groups excluding carboxylic acids is 1. The molecule has 2 heterocycles. The molecule has 4 heteroatoms. The van der Waals surface area contributed by atoms with Crippen LogP contribution in [0.4, 0.5) is 0 Å². The largest absolute Gasteiger partial charge is 0.275 e. The van der Waals surface area contributed by atoms with Gasteiger partial charge in [0.05, 0.1) is 0 Å². The molecule has 2 rings (SSSR count). The Morgan fingerprint density at radius 1 is 1.20 bits per heavy atom. The lowest BCUT2D eigenvalue weighted by molar-refractivity contribution is -0.134. The SMILES string of the molecule is Cl.O=C1CCN2CCCN12. The zero-order chi connectivity index (χ0) is 6.27. The van der Waals surface area contributed by atoms with Gasteiger partial charge in [0.25, 0.3) is 0 Å². The Balaban J connectivity index is 0.000000500. The predicted molar refractivity (Wildman–Crippen MR) is 39.8 cm³/mol. The van der Waals surface area contributed by atoms with Gasteiger partial charge in [0, 0.05) is 26.1 Å². The second kappa shape index (κ2) is 2.76. The molecule has 0 N–H and O–H groups in total. The van der Waals surface area contributed by atoms with Crippen molar-refractivity contribution in [2.24, 2.45) is 0 Å². The summed E-state index contributed by atoms with van der Waals surface area (Å²) >= 11 is 0. The normalized spacial score (nSPS) is 24.8. The minimum atomic E-state index is 0. The average molecular weight is 163 g/mol. The fourth-order valence-corrected chi connectivity index (χ4v) is 1.53. The van der Waals surface area contributed by atoms with Crippen molar-refractivity contribution in [2.75, 3.05) is 19.6 Å². The van der Waals surface area contributed by atoms with E-state index in [1.54, 1.807) is 0 Å². The Bertz CT molecular complexity index is 151. The quantitative estimate of drug-likeness (QED) is 0.510. The molecule has 2 saturated heterocycles. The zero-order valence-electron chi connectivity index (χ0n) is 5.75. The molecule has 0 aliphatic carbocycles. The van der Waals surface area contributed by atoms with Gasteiger partial charge < -0.3 is 0 Å². The third-order valence-corrected chi connectivity index (χ3v) is 2.00. The van der Waals surface area contributed by atoms with Crippen LogP contribution in [0.15, 0.2) is 0 Å². The first-order valence-electron chi connectivity index (χ1n) is 3.43. The van der Waals surface area contributed by atoms with Gasteiger partial charge in [-0.05, 0) is 6.42 Å². The average Bonchev–Trinajstić information content (AvgIpc) is 2.35. The molecule has 0 aromatic carbocycles. The number of carbonyl (C=O) groups is 1. The van der Waals surface area contributed by atoms with E-state index in [1.165, 1.54) is 0 Å². The first-order chi connectivity index (χ1) is 4.38. The Morgan fingerprint density at radius 2 is 2.00 bits per heavy atom. The van der Waals surface area contributed by atoms with Crippen LogP contribution in [-0.2, 0) is 4.79 Å². The summed E-state index contributed by atoms with van der Waals surface area (Å²) in [6.07, 6.45) is 1.89. The molecular formula is C6H11ClN2O. The van der Waals surface area contributed by atoms with Crippen LogP contribution < -0.4 is 0 Å². The summed E-state index contributed by atoms with van der Waals surface area (Å²) in [5.41, 5.74) is 0. The summed E-state index contributed by atoms with van der Waals surface area (Å²) in [6, 6.07) is 0. The van der Waals surface area contributed by atoms with Crippen LogP contribution in [0.5, 0.6) is 0 Å². The third-order valence-electron chi connectivity index (χ3n) is 2.00. The number of halogens is 1. The minimum Gasteiger partial charge on any atom is -0.275 e. The van der Waals surface area contributed by atoms with E-state index in [9.17, 15) is 4.79 Å². The minimum absolute atomic E-state index is 0. The smallest absolute Gasteiger partial charge is 0.238 e. The fraction of sp³-hybridized carbons (Fsp3) is 0.833. The van der Waals surface area contributed by atoms with Crippen molar-refractivity contribution in [3.05, 3.63) is 0 Å². The van der Waals surface area contributed by atoms with Crippen molar-refractivity contribution >= 4 is 18.3 Å². The predicted octanol–water partition coefficient (Wildman–Crippen LogP) is 0.261. The highest BCUT2D eigenvalue weighted by Gasteiger charge is 2.31. The Kier molecular flexibility index (Phi) is 2.16. The molecule has 0 aromatic rings. The molecule has 0 saturated carbocycles. The van der Waals surface area contributed by atoms with E-state index in [0.717, 1.165) is 32.5 Å². The Hall–Kier alpha value is -0.280. The summed E-state index contributed by atoms with van der Waals surface area (Å²) in [7, 11) is 0. The van der Waals surface area contributed by atoms with Gasteiger partial charge in [-0.2, -0.15) is 0 Å². The van der Waals surface area contributed by atoms with Gasteiger partial charge in [-0.1, -0.05) is 0 Å². The van der Waals surface area contributed by atoms with E-state index in [1.807, 2.05) is 5.01 Å². The molecule has 0 spiro atoms. The maximum Gasteiger partial charge on any atom is 0.238 e. The molecule has 0 radical (unpaired) electrons. The van der Waals surface area contributed by atoms with Crippen LogP contribution in [-0.4, -0.2) is 35.6 Å². The van der Waals surface area contributed by atoms with E-state index in [-0.39, 0.29) is 12.4 Å². The molecule has 3 nitrogen and oxygen atoms in total. The van der Waals surface area contributed by atoms with Crippen LogP contribution in [0.1, 0.15) is 12.8 Å². The van der Waals surface area contributed by atoms with Crippen LogP contribution in [0.2, 0.25) is 0 Å². The summed E-state index contributed by atoms with van der Waals surface area (Å²) in [4.78, 5) is 10.9. The second-order valence-electron chi connectivity index (χ2n) is 2.57. The third kappa shape index (κ3) is 0.995. The summed E-state index contributed by atoms with van der Waals surface area (Å²) in [5.74, 6) is 0.313. The molecule has 2 aliphatic heterocycles. The highest BCUT2D eigenvalue weighted by molar-refractivity contribution is 5.85. The van der Waals surface area contributed by atoms with E-state index < -0.39 is 0 Å². The molecule has 2 aliphatic rings. The van der Waals surface area contributed by atoms with Crippen molar-refractivity contribution in [1.82, 2.24) is 10.0 Å². The zero-order valence-corrected chi connectivity index (χ0v) is 6.56. The highest BCUT2D eigenvalue weighted by Crippen LogP contribution is 2.17. The molecule has 1 amide bonds. The molecule has 0 bridgehead atoms. The first-order valence-corrected chi connectivity index (χ1v) is 3.43. The van der Waals surface area contributed by atoms with E-state index in [2.05, 4.69) is 5.01 Å². The number of hydrazine groups is 1. The maximum atomic E-state index is 10.9. The van der Waals surface area contributed by atoms with Crippen molar-refractivity contribution in [3.63, 3.8) is 0 Å². The molecular weight excluding hydrogens is 152 g/mol. The lowest BCUT2D eigenvalue weighted by atomic mass is 10.4. The molecule has 2 fully saturated rings. The maximum absolute atomic E-state index is 10.9. The van der Waals surface area contributed by atoms with Crippen LogP contribution in [0.25, 0.3) is 0 Å². The standard InChI is InChI=1S/C6H10N2O.ClH/c9-6-2-5-7-3-1-4-8(6)7;/h1-5H2;1H. The molecule has 0 aromatic heterocycles. The van der Waals surface area contributed by atoms with Crippen LogP contribution in [0.3, 0.4) is 0 Å². The van der Waals surface area contributed by atoms with Gasteiger partial charge in [0.15, 0.2) is 0 Å². The fourth-order valence-electron chi connectivity index (χ4n) is 1.53. The van der Waals surface area contributed by atoms with Gasteiger partial charge >= 0.3 is 0 Å². The Morgan fingerprint density at radius 3 is 2.70 bits per heavy atom. The van der Waals surface area contributed by atoms with Gasteiger partial charge in [0.1, 0.15) is 0 Å². The van der Waals surface area contributed by atoms with Crippen molar-refractivity contribution < 1.29 is 4.79 Å². The van der Waals surface area contributed by atoms with Crippen LogP contribution >= 0.6 is 12.4 Å². The molecule has 58 valence electrons. The number of amides is 1. The van der Waals surface area contributed by atoms with Crippen molar-refractivity contribution in [2.45, 2.75) is 12.8 Å². The lowest BCUT2D eigenvalue weighted by Gasteiger charge is -2.16. The number of nitrogens with zero attached hydrogens (tertiary/aromatic N) is 2. The number of hydrogen-bond donors (Lipinski definition) is 0. The van der Waals surface area contributed by atoms with Gasteiger partial charge in [-0.3, -0.25) is 9.80 Å². The van der Waals surface area contributed by atoms with Crippen molar-refractivity contribution in [1.29, 1.82) is 0 Å². The summed E-state index contributed by atoms with van der Waals surface area (Å²) < 4.78 is 0. The van der Waals surface area contributed by atoms with E-state index >= 15 is 0 Å². The van der Waals surface area contributed by atoms with Gasteiger partial charge in [-0.25, -0.2) is 5.01 Å². The lowest BCUT2D eigenvalue weighted by Crippen LogP contribution is -2.31. The molecule has 10 heavy (non-hydrogen) atoms. The Labute approximate surface area is 66.4 Å². The first kappa shape index (κ1) is 7.82. The molecule has 0 atom stereocenters. The van der Waals surface area contributed by atoms with Gasteiger partial charge in [-0.15, -0.1) is 12.4 Å². The number of fused-ring (bicyclic) bond motifs is 1. The highest BCUT2D eigenvalue weighted by atomic mass is 35.5. The topological polar surface area (TPSA) is 23.6 Å². The van der Waals surface area contributed by atoms with Crippen LogP contribution in [0, 0.1) is 0 Å².